The first-order valence-electron chi connectivity index (χ1n) is 9.91. The second kappa shape index (κ2) is 13.3. The van der Waals surface area contributed by atoms with Crippen molar-refractivity contribution in [3.05, 3.63) is 15.6 Å². The highest BCUT2D eigenvalue weighted by atomic mass is 127. The molecule has 2 heterocycles. The smallest absolute Gasteiger partial charge is 0.234 e. The zero-order valence-corrected chi connectivity index (χ0v) is 20.7. The summed E-state index contributed by atoms with van der Waals surface area (Å²) in [5.74, 6) is 0.988. The first-order chi connectivity index (χ1) is 13.0. The first-order valence-corrected chi connectivity index (χ1v) is 10.7. The first kappa shape index (κ1) is 25.1. The van der Waals surface area contributed by atoms with Gasteiger partial charge in [-0.25, -0.2) is 4.98 Å². The summed E-state index contributed by atoms with van der Waals surface area (Å²) in [6, 6.07) is 0.401. The number of carbonyl (C=O) groups is 1. The molecule has 0 saturated carbocycles. The summed E-state index contributed by atoms with van der Waals surface area (Å²) in [6.45, 7) is 10.2. The van der Waals surface area contributed by atoms with E-state index in [0.717, 1.165) is 68.5 Å². The SMILES string of the molecule is CCCNC(=O)CN1CCC(NC(=NC)NCCc2sc(C)nc2C)CC1.I. The van der Waals surface area contributed by atoms with Gasteiger partial charge in [0.2, 0.25) is 5.91 Å². The highest BCUT2D eigenvalue weighted by Crippen LogP contribution is 2.17. The summed E-state index contributed by atoms with van der Waals surface area (Å²) in [4.78, 5) is 24.2. The number of piperidine rings is 1. The van der Waals surface area contributed by atoms with Crippen LogP contribution in [0, 0.1) is 13.8 Å². The molecule has 1 aromatic heterocycles. The zero-order chi connectivity index (χ0) is 19.6. The summed E-state index contributed by atoms with van der Waals surface area (Å²) in [6.07, 6.45) is 3.99. The van der Waals surface area contributed by atoms with Gasteiger partial charge in [-0.15, -0.1) is 35.3 Å². The monoisotopic (exact) mass is 522 g/mol. The Morgan fingerprint density at radius 1 is 1.25 bits per heavy atom. The molecule has 28 heavy (non-hydrogen) atoms. The minimum atomic E-state index is 0. The molecule has 1 aromatic rings. The third-order valence-corrected chi connectivity index (χ3v) is 5.87. The minimum Gasteiger partial charge on any atom is -0.356 e. The number of hydrogen-bond donors (Lipinski definition) is 3. The van der Waals surface area contributed by atoms with E-state index < -0.39 is 0 Å². The number of guanidine groups is 1. The van der Waals surface area contributed by atoms with Crippen LogP contribution in [-0.2, 0) is 11.2 Å². The van der Waals surface area contributed by atoms with Crippen molar-refractivity contribution < 1.29 is 4.79 Å². The molecule has 0 atom stereocenters. The van der Waals surface area contributed by atoms with E-state index in [4.69, 9.17) is 0 Å². The maximum atomic E-state index is 11.8. The van der Waals surface area contributed by atoms with Crippen LogP contribution in [0.25, 0.3) is 0 Å². The molecular weight excluding hydrogens is 487 g/mol. The molecule has 1 aliphatic rings. The number of nitrogens with one attached hydrogen (secondary N) is 3. The van der Waals surface area contributed by atoms with Gasteiger partial charge in [0.05, 0.1) is 17.2 Å². The fraction of sp³-hybridized carbons (Fsp3) is 0.737. The molecule has 7 nitrogen and oxygen atoms in total. The number of carbonyl (C=O) groups excluding carboxylic acids is 1. The zero-order valence-electron chi connectivity index (χ0n) is 17.5. The van der Waals surface area contributed by atoms with E-state index >= 15 is 0 Å². The van der Waals surface area contributed by atoms with Gasteiger partial charge in [0.25, 0.3) is 0 Å². The summed E-state index contributed by atoms with van der Waals surface area (Å²) >= 11 is 1.77. The quantitative estimate of drug-likeness (QED) is 0.277. The van der Waals surface area contributed by atoms with E-state index in [1.165, 1.54) is 4.88 Å². The molecular formula is C19H35IN6OS. The van der Waals surface area contributed by atoms with Gasteiger partial charge in [0, 0.05) is 50.6 Å². The van der Waals surface area contributed by atoms with Gasteiger partial charge < -0.3 is 16.0 Å². The number of likely N-dealkylation sites (tertiary alicyclic amines) is 1. The molecule has 1 amide bonds. The average molecular weight is 523 g/mol. The number of aryl methyl sites for hydroxylation is 2. The number of rotatable bonds is 8. The van der Waals surface area contributed by atoms with Crippen molar-refractivity contribution in [3.63, 3.8) is 0 Å². The molecule has 0 spiro atoms. The predicted molar refractivity (Wildman–Crippen MR) is 128 cm³/mol. The summed E-state index contributed by atoms with van der Waals surface area (Å²) in [5.41, 5.74) is 1.14. The van der Waals surface area contributed by atoms with Gasteiger partial charge in [-0.2, -0.15) is 0 Å². The van der Waals surface area contributed by atoms with Crippen LogP contribution in [0.3, 0.4) is 0 Å². The number of aliphatic imine (C=N–C) groups is 1. The summed E-state index contributed by atoms with van der Waals surface area (Å²) < 4.78 is 0. The van der Waals surface area contributed by atoms with E-state index in [0.29, 0.717) is 12.6 Å². The van der Waals surface area contributed by atoms with Gasteiger partial charge in [-0.05, 0) is 33.1 Å². The molecule has 1 fully saturated rings. The Morgan fingerprint density at radius 3 is 2.54 bits per heavy atom. The highest BCUT2D eigenvalue weighted by Gasteiger charge is 2.21. The van der Waals surface area contributed by atoms with Crippen LogP contribution in [0.15, 0.2) is 4.99 Å². The minimum absolute atomic E-state index is 0. The molecule has 1 aliphatic heterocycles. The topological polar surface area (TPSA) is 81.7 Å². The molecule has 0 unspecified atom stereocenters. The van der Waals surface area contributed by atoms with E-state index in [-0.39, 0.29) is 29.9 Å². The fourth-order valence-corrected chi connectivity index (χ4v) is 4.18. The molecule has 0 aromatic carbocycles. The Bertz CT molecular complexity index is 628. The molecule has 2 rings (SSSR count). The number of amides is 1. The average Bonchev–Trinajstić information content (AvgIpc) is 2.97. The van der Waals surface area contributed by atoms with Gasteiger partial charge in [0.1, 0.15) is 0 Å². The second-order valence-corrected chi connectivity index (χ2v) is 8.32. The summed E-state index contributed by atoms with van der Waals surface area (Å²) in [7, 11) is 1.81. The molecule has 1 saturated heterocycles. The maximum absolute atomic E-state index is 11.8. The molecule has 0 bridgehead atoms. The van der Waals surface area contributed by atoms with Crippen LogP contribution in [0.1, 0.15) is 41.8 Å². The van der Waals surface area contributed by atoms with Crippen LogP contribution in [-0.4, -0.2) is 67.6 Å². The maximum Gasteiger partial charge on any atom is 0.234 e. The molecule has 3 N–H and O–H groups in total. The molecule has 9 heteroatoms. The van der Waals surface area contributed by atoms with E-state index in [9.17, 15) is 4.79 Å². The van der Waals surface area contributed by atoms with Crippen molar-refractivity contribution in [2.45, 2.75) is 52.5 Å². The van der Waals surface area contributed by atoms with Crippen LogP contribution in [0.5, 0.6) is 0 Å². The highest BCUT2D eigenvalue weighted by molar-refractivity contribution is 14.0. The fourth-order valence-electron chi connectivity index (χ4n) is 3.25. The molecule has 160 valence electrons. The third-order valence-electron chi connectivity index (χ3n) is 4.74. The van der Waals surface area contributed by atoms with E-state index in [1.807, 2.05) is 7.05 Å². The predicted octanol–water partition coefficient (Wildman–Crippen LogP) is 2.08. The van der Waals surface area contributed by atoms with Crippen molar-refractivity contribution in [2.75, 3.05) is 39.8 Å². The Kier molecular flexibility index (Phi) is 11.9. The lowest BCUT2D eigenvalue weighted by molar-refractivity contribution is -0.122. The van der Waals surface area contributed by atoms with Crippen LogP contribution >= 0.6 is 35.3 Å². The Hall–Kier alpha value is -0.940. The van der Waals surface area contributed by atoms with Crippen LogP contribution in [0.4, 0.5) is 0 Å². The number of aromatic nitrogens is 1. The lowest BCUT2D eigenvalue weighted by Crippen LogP contribution is -2.50. The lowest BCUT2D eigenvalue weighted by atomic mass is 10.1. The van der Waals surface area contributed by atoms with E-state index in [2.05, 4.69) is 51.6 Å². The van der Waals surface area contributed by atoms with Gasteiger partial charge in [-0.3, -0.25) is 14.7 Å². The van der Waals surface area contributed by atoms with Gasteiger partial charge in [-0.1, -0.05) is 6.92 Å². The van der Waals surface area contributed by atoms with E-state index in [1.54, 1.807) is 11.3 Å². The Morgan fingerprint density at radius 2 is 1.96 bits per heavy atom. The van der Waals surface area contributed by atoms with Crippen LogP contribution < -0.4 is 16.0 Å². The number of thiazole rings is 1. The second-order valence-electron chi connectivity index (χ2n) is 7.04. The van der Waals surface area contributed by atoms with Gasteiger partial charge in [0.15, 0.2) is 5.96 Å². The number of halogens is 1. The Balaban J connectivity index is 0.00000392. The normalized spacial score (nSPS) is 15.8. The largest absolute Gasteiger partial charge is 0.356 e. The van der Waals surface area contributed by atoms with Gasteiger partial charge >= 0.3 is 0 Å². The molecule has 0 radical (unpaired) electrons. The van der Waals surface area contributed by atoms with Crippen molar-refractivity contribution in [2.24, 2.45) is 4.99 Å². The standard InChI is InChI=1S/C19H34N6OS.HI/c1-5-9-21-18(26)13-25-11-7-16(8-12-25)24-19(20-4)22-10-6-17-14(2)23-15(3)27-17;/h16H,5-13H2,1-4H3,(H,21,26)(H2,20,22,24);1H. The molecule has 0 aliphatic carbocycles. The lowest BCUT2D eigenvalue weighted by Gasteiger charge is -2.32. The van der Waals surface area contributed by atoms with Crippen molar-refractivity contribution >= 4 is 47.2 Å². The Labute approximate surface area is 190 Å². The number of nitrogens with zero attached hydrogens (tertiary/aromatic N) is 3. The van der Waals surface area contributed by atoms with Crippen molar-refractivity contribution in [3.8, 4) is 0 Å². The van der Waals surface area contributed by atoms with Crippen molar-refractivity contribution in [1.29, 1.82) is 0 Å². The van der Waals surface area contributed by atoms with Crippen LogP contribution in [0.2, 0.25) is 0 Å². The number of hydrogen-bond acceptors (Lipinski definition) is 5. The van der Waals surface area contributed by atoms with Crippen molar-refractivity contribution in [1.82, 2.24) is 25.8 Å². The third kappa shape index (κ3) is 8.60. The summed E-state index contributed by atoms with van der Waals surface area (Å²) in [5, 5.41) is 11.0.